The van der Waals surface area contributed by atoms with Crippen molar-refractivity contribution in [1.82, 2.24) is 4.98 Å². The number of carboxylic acids is 1. The monoisotopic (exact) mass is 569 g/mol. The molecular weight excluding hydrogens is 527 g/mol. The van der Waals surface area contributed by atoms with E-state index in [1.165, 1.54) is 24.8 Å². The summed E-state index contributed by atoms with van der Waals surface area (Å²) in [6, 6.07) is 20.5. The molecule has 4 nitrogen and oxygen atoms in total. The third kappa shape index (κ3) is 10.6. The summed E-state index contributed by atoms with van der Waals surface area (Å²) in [6.45, 7) is 3.21. The van der Waals surface area contributed by atoms with Gasteiger partial charge in [-0.05, 0) is 85.8 Å². The van der Waals surface area contributed by atoms with Crippen molar-refractivity contribution in [3.05, 3.63) is 78.0 Å². The Kier molecular flexibility index (Phi) is 12.9. The van der Waals surface area contributed by atoms with Gasteiger partial charge in [-0.1, -0.05) is 74.7 Å². The number of ether oxygens (including phenoxy) is 1. The molecule has 0 aliphatic carbocycles. The number of aryl methyl sites for hydroxylation is 1. The van der Waals surface area contributed by atoms with E-state index in [9.17, 15) is 23.1 Å². The molecule has 0 spiro atoms. The number of carboxylic acid groups (broad SMARTS) is 1. The van der Waals surface area contributed by atoms with Gasteiger partial charge in [0.15, 0.2) is 6.10 Å². The van der Waals surface area contributed by atoms with Gasteiger partial charge in [-0.15, -0.1) is 0 Å². The second kappa shape index (κ2) is 16.3. The Labute approximate surface area is 242 Å². The number of nitrogens with zero attached hydrogens (tertiary/aromatic N) is 1. The highest BCUT2D eigenvalue weighted by molar-refractivity contribution is 5.82. The Morgan fingerprint density at radius 3 is 2.34 bits per heavy atom. The third-order valence-corrected chi connectivity index (χ3v) is 7.49. The highest BCUT2D eigenvalue weighted by Crippen LogP contribution is 2.36. The number of aromatic nitrogens is 1. The predicted octanol–water partition coefficient (Wildman–Crippen LogP) is 9.62. The van der Waals surface area contributed by atoms with Crippen LogP contribution in [-0.4, -0.2) is 34.9 Å². The van der Waals surface area contributed by atoms with Gasteiger partial charge in [0.25, 0.3) is 0 Å². The Hall–Kier alpha value is -3.19. The minimum Gasteiger partial charge on any atom is -0.481 e. The molecule has 41 heavy (non-hydrogen) atoms. The van der Waals surface area contributed by atoms with E-state index in [1.54, 1.807) is 0 Å². The number of halogens is 3. The van der Waals surface area contributed by atoms with Gasteiger partial charge < -0.3 is 9.84 Å². The largest absolute Gasteiger partial charge is 0.481 e. The van der Waals surface area contributed by atoms with Gasteiger partial charge in [0.2, 0.25) is 0 Å². The molecule has 0 aliphatic heterocycles. The van der Waals surface area contributed by atoms with Gasteiger partial charge >= 0.3 is 12.1 Å². The summed E-state index contributed by atoms with van der Waals surface area (Å²) >= 11 is 0. The number of rotatable bonds is 17. The molecule has 0 amide bonds. The molecule has 1 heterocycles. The normalized spacial score (nSPS) is 13.2. The maximum atomic E-state index is 12.9. The number of hydrogen-bond acceptors (Lipinski definition) is 3. The summed E-state index contributed by atoms with van der Waals surface area (Å²) in [5, 5.41) is 9.17. The van der Waals surface area contributed by atoms with Crippen LogP contribution in [-0.2, 0) is 16.0 Å². The van der Waals surface area contributed by atoms with Crippen molar-refractivity contribution in [2.45, 2.75) is 96.3 Å². The lowest BCUT2D eigenvalue weighted by Gasteiger charge is -2.21. The quantitative estimate of drug-likeness (QED) is 0.164. The van der Waals surface area contributed by atoms with Crippen LogP contribution in [0.5, 0.6) is 0 Å². The zero-order valence-corrected chi connectivity index (χ0v) is 24.1. The molecule has 3 aromatic rings. The summed E-state index contributed by atoms with van der Waals surface area (Å²) in [5.41, 5.74) is 6.19. The maximum Gasteiger partial charge on any atom is 0.414 e. The number of hydrogen-bond donors (Lipinski definition) is 1. The van der Waals surface area contributed by atoms with Crippen LogP contribution < -0.4 is 0 Å². The standard InChI is InChI=1S/C34H42F3NO3/c1-3-4-5-7-12-26-18-21-32(38-24-26)31-23-29(19-20-30(31)28-13-8-6-9-14-28)27(15-10-17-33(39)40)16-11-22-41-25(2)34(35,36)37/h6,8-9,13-14,18-21,23-25,27H,3-5,7,10-12,15-17,22H2,1-2H3,(H,39,40). The van der Waals surface area contributed by atoms with Gasteiger partial charge in [0, 0.05) is 24.8 Å². The Balaban J connectivity index is 1.87. The molecule has 0 saturated carbocycles. The zero-order chi connectivity index (χ0) is 29.7. The van der Waals surface area contributed by atoms with Crippen LogP contribution in [0.1, 0.15) is 88.7 Å². The molecule has 2 unspecified atom stereocenters. The van der Waals surface area contributed by atoms with E-state index >= 15 is 0 Å². The summed E-state index contributed by atoms with van der Waals surface area (Å²) < 4.78 is 43.6. The van der Waals surface area contributed by atoms with E-state index < -0.39 is 18.2 Å². The molecule has 0 aliphatic rings. The topological polar surface area (TPSA) is 59.4 Å². The van der Waals surface area contributed by atoms with E-state index in [0.717, 1.165) is 47.7 Å². The van der Waals surface area contributed by atoms with E-state index in [2.05, 4.69) is 49.4 Å². The molecule has 1 N–H and O–H groups in total. The van der Waals surface area contributed by atoms with Crippen molar-refractivity contribution >= 4 is 5.97 Å². The number of pyridine rings is 1. The first kappa shape index (κ1) is 32.3. The molecule has 2 aromatic carbocycles. The van der Waals surface area contributed by atoms with Crippen molar-refractivity contribution < 1.29 is 27.8 Å². The summed E-state index contributed by atoms with van der Waals surface area (Å²) in [5.74, 6) is -0.870. The van der Waals surface area contributed by atoms with Crippen LogP contribution >= 0.6 is 0 Å². The molecule has 2 atom stereocenters. The number of unbranched alkanes of at least 4 members (excludes halogenated alkanes) is 3. The third-order valence-electron chi connectivity index (χ3n) is 7.49. The summed E-state index contributed by atoms with van der Waals surface area (Å²) in [7, 11) is 0. The predicted molar refractivity (Wildman–Crippen MR) is 158 cm³/mol. The van der Waals surface area contributed by atoms with E-state index in [1.807, 2.05) is 24.4 Å². The van der Waals surface area contributed by atoms with Gasteiger partial charge in [-0.25, -0.2) is 0 Å². The highest BCUT2D eigenvalue weighted by Gasteiger charge is 2.36. The van der Waals surface area contributed by atoms with E-state index in [4.69, 9.17) is 9.72 Å². The van der Waals surface area contributed by atoms with Crippen molar-refractivity contribution in [2.24, 2.45) is 0 Å². The average Bonchev–Trinajstić information content (AvgIpc) is 2.96. The van der Waals surface area contributed by atoms with Crippen molar-refractivity contribution in [3.63, 3.8) is 0 Å². The second-order valence-corrected chi connectivity index (χ2v) is 10.7. The molecule has 0 saturated heterocycles. The molecule has 0 radical (unpaired) electrons. The van der Waals surface area contributed by atoms with Crippen LogP contribution in [0.2, 0.25) is 0 Å². The number of alkyl halides is 3. The molecule has 3 rings (SSSR count). The number of benzene rings is 2. The lowest BCUT2D eigenvalue weighted by atomic mass is 9.86. The zero-order valence-electron chi connectivity index (χ0n) is 24.1. The van der Waals surface area contributed by atoms with Crippen LogP contribution in [0.4, 0.5) is 13.2 Å². The molecule has 7 heteroatoms. The fraction of sp³-hybridized carbons (Fsp3) is 0.471. The molecule has 1 aromatic heterocycles. The summed E-state index contributed by atoms with van der Waals surface area (Å²) in [6.07, 6.45) is 3.73. The minimum atomic E-state index is -4.39. The van der Waals surface area contributed by atoms with Crippen LogP contribution in [0.15, 0.2) is 66.9 Å². The van der Waals surface area contributed by atoms with Crippen molar-refractivity contribution in [3.8, 4) is 22.4 Å². The fourth-order valence-electron chi connectivity index (χ4n) is 5.05. The number of carbonyl (C=O) groups is 1. The first-order valence-electron chi connectivity index (χ1n) is 14.7. The Morgan fingerprint density at radius 1 is 0.927 bits per heavy atom. The first-order chi connectivity index (χ1) is 19.7. The van der Waals surface area contributed by atoms with Crippen molar-refractivity contribution in [1.29, 1.82) is 0 Å². The highest BCUT2D eigenvalue weighted by atomic mass is 19.4. The Morgan fingerprint density at radius 2 is 1.68 bits per heavy atom. The molecular formula is C34H42F3NO3. The van der Waals surface area contributed by atoms with E-state index in [-0.39, 0.29) is 18.9 Å². The molecule has 0 bridgehead atoms. The van der Waals surface area contributed by atoms with Gasteiger partial charge in [-0.2, -0.15) is 13.2 Å². The van der Waals surface area contributed by atoms with Crippen LogP contribution in [0, 0.1) is 0 Å². The van der Waals surface area contributed by atoms with Crippen molar-refractivity contribution in [2.75, 3.05) is 6.61 Å². The second-order valence-electron chi connectivity index (χ2n) is 10.7. The van der Waals surface area contributed by atoms with E-state index in [0.29, 0.717) is 25.7 Å². The van der Waals surface area contributed by atoms with Gasteiger partial charge in [0.05, 0.1) is 5.69 Å². The summed E-state index contributed by atoms with van der Waals surface area (Å²) in [4.78, 5) is 16.0. The minimum absolute atomic E-state index is 0.00760. The Bertz CT molecular complexity index is 1200. The SMILES string of the molecule is CCCCCCc1ccc(-c2cc(C(CCCOC(C)C(F)(F)F)CCCC(=O)O)ccc2-c2ccccc2)nc1. The van der Waals surface area contributed by atoms with Gasteiger partial charge in [0.1, 0.15) is 0 Å². The lowest BCUT2D eigenvalue weighted by Crippen LogP contribution is -2.28. The molecule has 222 valence electrons. The maximum absolute atomic E-state index is 12.9. The molecule has 0 fully saturated rings. The van der Waals surface area contributed by atoms with Gasteiger partial charge in [-0.3, -0.25) is 9.78 Å². The number of aliphatic carboxylic acids is 1. The lowest BCUT2D eigenvalue weighted by molar-refractivity contribution is -0.214. The average molecular weight is 570 g/mol. The smallest absolute Gasteiger partial charge is 0.414 e. The fourth-order valence-corrected chi connectivity index (χ4v) is 5.05. The van der Waals surface area contributed by atoms with Crippen LogP contribution in [0.3, 0.4) is 0 Å². The first-order valence-corrected chi connectivity index (χ1v) is 14.7. The van der Waals surface area contributed by atoms with Crippen LogP contribution in [0.25, 0.3) is 22.4 Å².